The van der Waals surface area contributed by atoms with E-state index in [0.29, 0.717) is 5.52 Å². The van der Waals surface area contributed by atoms with Gasteiger partial charge in [0, 0.05) is 0 Å². The van der Waals surface area contributed by atoms with Crippen molar-refractivity contribution in [3.05, 3.63) is 92.4 Å². The Kier molecular flexibility index (Phi) is 6.51. The minimum atomic E-state index is -4.40. The molecule has 0 radical (unpaired) electrons. The number of sulfonamides is 1. The number of halogens is 3. The van der Waals surface area contributed by atoms with Crippen LogP contribution in [-0.4, -0.2) is 29.4 Å². The van der Waals surface area contributed by atoms with Crippen LogP contribution in [0.4, 0.5) is 10.1 Å². The second-order valence-electron chi connectivity index (χ2n) is 6.82. The second kappa shape index (κ2) is 9.37. The second-order valence-corrected chi connectivity index (χ2v) is 9.29. The molecule has 4 rings (SSSR count). The minimum Gasteiger partial charge on any atom is -0.438 e. The molecule has 1 heterocycles. The van der Waals surface area contributed by atoms with Crippen LogP contribution < -0.4 is 10.3 Å². The molecule has 0 aliphatic rings. The molecule has 174 valence electrons. The number of nitrogens with zero attached hydrogens (tertiary/aromatic N) is 3. The largest absolute Gasteiger partial charge is 0.438 e. The highest BCUT2D eigenvalue weighted by Gasteiger charge is 2.24. The van der Waals surface area contributed by atoms with Gasteiger partial charge in [0.1, 0.15) is 16.2 Å². The molecule has 34 heavy (non-hydrogen) atoms. The van der Waals surface area contributed by atoms with Crippen LogP contribution in [-0.2, 0) is 21.5 Å². The van der Waals surface area contributed by atoms with Crippen LogP contribution >= 0.6 is 23.2 Å². The Morgan fingerprint density at radius 2 is 1.76 bits per heavy atom. The van der Waals surface area contributed by atoms with Crippen molar-refractivity contribution < 1.29 is 22.3 Å². The summed E-state index contributed by atoms with van der Waals surface area (Å²) in [4.78, 5) is 24.6. The number of nitrogens with one attached hydrogen (secondary N) is 1. The van der Waals surface area contributed by atoms with Gasteiger partial charge in [0.2, 0.25) is 0 Å². The molecule has 0 saturated carbocycles. The fraction of sp³-hybridized carbons (Fsp3) is 0.0476. The summed E-state index contributed by atoms with van der Waals surface area (Å²) in [6, 6.07) is 13.5. The number of aromatic nitrogens is 3. The zero-order valence-corrected chi connectivity index (χ0v) is 19.2. The SMILES string of the molecule is O=C(OCn1nnc2ccccc2c1=O)c1cc(S(=O)(=O)Nc2ccccc2F)c(Cl)cc1Cl. The quantitative estimate of drug-likeness (QED) is 0.381. The summed E-state index contributed by atoms with van der Waals surface area (Å²) in [7, 11) is -4.40. The van der Waals surface area contributed by atoms with E-state index in [1.807, 2.05) is 0 Å². The zero-order chi connectivity index (χ0) is 24.5. The third kappa shape index (κ3) is 4.72. The van der Waals surface area contributed by atoms with Gasteiger partial charge in [-0.2, -0.15) is 4.68 Å². The first-order valence-corrected chi connectivity index (χ1v) is 11.7. The van der Waals surface area contributed by atoms with E-state index in [1.165, 1.54) is 18.2 Å². The molecule has 0 unspecified atom stereocenters. The highest BCUT2D eigenvalue weighted by atomic mass is 35.5. The van der Waals surface area contributed by atoms with Crippen molar-refractivity contribution in [1.29, 1.82) is 0 Å². The van der Waals surface area contributed by atoms with Crippen molar-refractivity contribution in [2.24, 2.45) is 0 Å². The topological polar surface area (TPSA) is 120 Å². The van der Waals surface area contributed by atoms with Crippen LogP contribution in [0, 0.1) is 5.82 Å². The Morgan fingerprint density at radius 3 is 2.53 bits per heavy atom. The Balaban J connectivity index is 1.60. The number of rotatable bonds is 6. The molecular weight excluding hydrogens is 510 g/mol. The number of fused-ring (bicyclic) bond motifs is 1. The maximum atomic E-state index is 13.9. The Bertz CT molecular complexity index is 1590. The Morgan fingerprint density at radius 1 is 1.06 bits per heavy atom. The first-order valence-electron chi connectivity index (χ1n) is 9.43. The third-order valence-corrected chi connectivity index (χ3v) is 6.74. The summed E-state index contributed by atoms with van der Waals surface area (Å²) >= 11 is 12.1. The van der Waals surface area contributed by atoms with E-state index in [1.54, 1.807) is 24.3 Å². The number of carbonyl (C=O) groups is 1. The number of benzene rings is 3. The van der Waals surface area contributed by atoms with Crippen molar-refractivity contribution in [2.45, 2.75) is 11.6 Å². The maximum absolute atomic E-state index is 13.9. The molecule has 13 heteroatoms. The molecule has 0 bridgehead atoms. The highest BCUT2D eigenvalue weighted by Crippen LogP contribution is 2.31. The maximum Gasteiger partial charge on any atom is 0.341 e. The molecule has 0 atom stereocenters. The predicted octanol–water partition coefficient (Wildman–Crippen LogP) is 3.85. The zero-order valence-electron chi connectivity index (χ0n) is 16.9. The molecule has 0 fully saturated rings. The van der Waals surface area contributed by atoms with E-state index < -0.39 is 39.0 Å². The normalized spacial score (nSPS) is 11.4. The van der Waals surface area contributed by atoms with Crippen LogP contribution in [0.3, 0.4) is 0 Å². The van der Waals surface area contributed by atoms with E-state index in [2.05, 4.69) is 15.0 Å². The minimum absolute atomic E-state index is 0.197. The number of anilines is 1. The van der Waals surface area contributed by atoms with E-state index in [4.69, 9.17) is 27.9 Å². The number of para-hydroxylation sites is 1. The van der Waals surface area contributed by atoms with Gasteiger partial charge in [-0.1, -0.05) is 52.7 Å². The van der Waals surface area contributed by atoms with E-state index in [-0.39, 0.29) is 26.7 Å². The van der Waals surface area contributed by atoms with Crippen LogP contribution in [0.5, 0.6) is 0 Å². The lowest BCUT2D eigenvalue weighted by Gasteiger charge is -2.13. The summed E-state index contributed by atoms with van der Waals surface area (Å²) in [5.41, 5.74) is -0.834. The van der Waals surface area contributed by atoms with Crippen molar-refractivity contribution in [3.63, 3.8) is 0 Å². The van der Waals surface area contributed by atoms with Gasteiger partial charge in [-0.3, -0.25) is 9.52 Å². The van der Waals surface area contributed by atoms with Gasteiger partial charge >= 0.3 is 5.97 Å². The fourth-order valence-electron chi connectivity index (χ4n) is 2.94. The monoisotopic (exact) mass is 522 g/mol. The molecule has 9 nitrogen and oxygen atoms in total. The van der Waals surface area contributed by atoms with Gasteiger partial charge in [0.05, 0.1) is 26.7 Å². The molecule has 1 N–H and O–H groups in total. The summed E-state index contributed by atoms with van der Waals surface area (Å²) in [6.07, 6.45) is 0. The van der Waals surface area contributed by atoms with Crippen molar-refractivity contribution >= 4 is 55.8 Å². The highest BCUT2D eigenvalue weighted by molar-refractivity contribution is 7.92. The van der Waals surface area contributed by atoms with E-state index in [9.17, 15) is 22.4 Å². The standard InChI is InChI=1S/C21H13Cl2FN4O5S/c22-14-10-15(23)19(34(31,32)26-18-8-4-2-6-16(18)24)9-13(14)21(30)33-11-28-20(29)12-5-1-3-7-17(12)25-27-28/h1-10,26H,11H2. The lowest BCUT2D eigenvalue weighted by molar-refractivity contribution is 0.0336. The van der Waals surface area contributed by atoms with Crippen LogP contribution in [0.1, 0.15) is 10.4 Å². The average molecular weight is 523 g/mol. The number of ether oxygens (including phenoxy) is 1. The molecule has 4 aromatic rings. The number of esters is 1. The first-order chi connectivity index (χ1) is 16.2. The summed E-state index contributed by atoms with van der Waals surface area (Å²) < 4.78 is 47.5. The van der Waals surface area contributed by atoms with Crippen LogP contribution in [0.15, 0.2) is 70.4 Å². The summed E-state index contributed by atoms with van der Waals surface area (Å²) in [6.45, 7) is -0.607. The Hall–Kier alpha value is -3.54. The molecule has 0 aliphatic carbocycles. The van der Waals surface area contributed by atoms with E-state index >= 15 is 0 Å². The lowest BCUT2D eigenvalue weighted by atomic mass is 10.2. The smallest absolute Gasteiger partial charge is 0.341 e. The summed E-state index contributed by atoms with van der Waals surface area (Å²) in [5, 5.41) is 7.35. The molecule has 0 aliphatic heterocycles. The van der Waals surface area contributed by atoms with Crippen molar-refractivity contribution in [1.82, 2.24) is 15.0 Å². The number of hydrogen-bond donors (Lipinski definition) is 1. The molecule has 3 aromatic carbocycles. The first kappa shape index (κ1) is 23.6. The van der Waals surface area contributed by atoms with Crippen molar-refractivity contribution in [3.8, 4) is 0 Å². The molecule has 0 spiro atoms. The van der Waals surface area contributed by atoms with E-state index in [0.717, 1.165) is 22.9 Å². The molecule has 0 amide bonds. The van der Waals surface area contributed by atoms with Gasteiger partial charge in [-0.15, -0.1) is 5.10 Å². The third-order valence-electron chi connectivity index (χ3n) is 4.60. The molecule has 1 aromatic heterocycles. The van der Waals surface area contributed by atoms with Gasteiger partial charge < -0.3 is 4.74 Å². The van der Waals surface area contributed by atoms with Crippen LogP contribution in [0.2, 0.25) is 10.0 Å². The molecular formula is C21H13Cl2FN4O5S. The number of hydrogen-bond acceptors (Lipinski definition) is 7. The van der Waals surface area contributed by atoms with Gasteiger partial charge in [0.15, 0.2) is 6.73 Å². The van der Waals surface area contributed by atoms with Crippen molar-refractivity contribution in [2.75, 3.05) is 4.72 Å². The van der Waals surface area contributed by atoms with Gasteiger partial charge in [-0.25, -0.2) is 17.6 Å². The van der Waals surface area contributed by atoms with Gasteiger partial charge in [0.25, 0.3) is 15.6 Å². The Labute approximate surface area is 201 Å². The average Bonchev–Trinajstić information content (AvgIpc) is 2.80. The van der Waals surface area contributed by atoms with Gasteiger partial charge in [-0.05, 0) is 36.4 Å². The lowest BCUT2D eigenvalue weighted by Crippen LogP contribution is -2.26. The molecule has 0 saturated heterocycles. The number of carbonyl (C=O) groups excluding carboxylic acids is 1. The predicted molar refractivity (Wildman–Crippen MR) is 123 cm³/mol. The van der Waals surface area contributed by atoms with Crippen LogP contribution in [0.25, 0.3) is 10.9 Å². The fourth-order valence-corrected chi connectivity index (χ4v) is 4.86. The summed E-state index contributed by atoms with van der Waals surface area (Å²) in [5.74, 6) is -1.86.